The van der Waals surface area contributed by atoms with Crippen LogP contribution in [0.4, 0.5) is 4.79 Å². The van der Waals surface area contributed by atoms with Crippen molar-refractivity contribution in [2.75, 3.05) is 12.9 Å². The summed E-state index contributed by atoms with van der Waals surface area (Å²) in [5.41, 5.74) is 0.920. The zero-order chi connectivity index (χ0) is 21.4. The number of nitrogens with zero attached hydrogens (tertiary/aromatic N) is 3. The Morgan fingerprint density at radius 1 is 1.17 bits per heavy atom. The van der Waals surface area contributed by atoms with Gasteiger partial charge in [0.25, 0.3) is 0 Å². The highest BCUT2D eigenvalue weighted by molar-refractivity contribution is 7.99. The van der Waals surface area contributed by atoms with Crippen LogP contribution in [-0.2, 0) is 11.3 Å². The predicted octanol–water partition coefficient (Wildman–Crippen LogP) is 3.33. The van der Waals surface area contributed by atoms with E-state index in [4.69, 9.17) is 4.74 Å². The van der Waals surface area contributed by atoms with Crippen molar-refractivity contribution in [2.24, 2.45) is 5.92 Å². The summed E-state index contributed by atoms with van der Waals surface area (Å²) < 4.78 is 7.21. The van der Waals surface area contributed by atoms with Gasteiger partial charge in [0.1, 0.15) is 5.75 Å². The molecule has 0 aliphatic rings. The normalized spacial score (nSPS) is 11.9. The van der Waals surface area contributed by atoms with Crippen molar-refractivity contribution in [1.29, 1.82) is 0 Å². The molecular weight excluding hydrogens is 390 g/mol. The molecule has 0 spiro atoms. The molecule has 0 saturated carbocycles. The standard InChI is InChI=1S/C20H29N5O3S/c1-6-14(4)21-19(27)22-17(26)12-29-20-24-23-18(25(20)11-13(2)3)15-7-9-16(28-5)10-8-15/h7-10,13-14H,6,11-12H2,1-5H3,(H2,21,22,26,27)/t14-/m0/s1. The second-order valence-electron chi connectivity index (χ2n) is 7.16. The van der Waals surface area contributed by atoms with Crippen LogP contribution in [-0.4, -0.2) is 45.6 Å². The Kier molecular flexibility index (Phi) is 8.50. The first kappa shape index (κ1) is 22.7. The minimum atomic E-state index is -0.479. The Morgan fingerprint density at radius 2 is 1.86 bits per heavy atom. The van der Waals surface area contributed by atoms with E-state index in [2.05, 4.69) is 34.7 Å². The summed E-state index contributed by atoms with van der Waals surface area (Å²) in [7, 11) is 1.62. The van der Waals surface area contributed by atoms with E-state index >= 15 is 0 Å². The van der Waals surface area contributed by atoms with E-state index < -0.39 is 6.03 Å². The summed E-state index contributed by atoms with van der Waals surface area (Å²) >= 11 is 1.26. The van der Waals surface area contributed by atoms with Crippen LogP contribution in [0, 0.1) is 5.92 Å². The molecule has 0 saturated heterocycles. The fourth-order valence-electron chi connectivity index (χ4n) is 2.53. The zero-order valence-corrected chi connectivity index (χ0v) is 18.4. The molecule has 2 N–H and O–H groups in total. The van der Waals surface area contributed by atoms with Crippen LogP contribution in [0.25, 0.3) is 11.4 Å². The third kappa shape index (κ3) is 6.77. The maximum Gasteiger partial charge on any atom is 0.321 e. The highest BCUT2D eigenvalue weighted by atomic mass is 32.2. The molecule has 1 aromatic heterocycles. The lowest BCUT2D eigenvalue weighted by Crippen LogP contribution is -2.43. The topological polar surface area (TPSA) is 98.1 Å². The largest absolute Gasteiger partial charge is 0.497 e. The van der Waals surface area contributed by atoms with Crippen LogP contribution in [0.15, 0.2) is 29.4 Å². The molecule has 1 aromatic carbocycles. The Hall–Kier alpha value is -2.55. The molecular formula is C20H29N5O3S. The number of carbonyl (C=O) groups is 2. The molecule has 158 valence electrons. The van der Waals surface area contributed by atoms with Crippen molar-refractivity contribution in [3.63, 3.8) is 0 Å². The molecule has 0 fully saturated rings. The first-order valence-electron chi connectivity index (χ1n) is 9.64. The number of urea groups is 1. The van der Waals surface area contributed by atoms with Gasteiger partial charge in [0.15, 0.2) is 11.0 Å². The Labute approximate surface area is 175 Å². The van der Waals surface area contributed by atoms with Gasteiger partial charge in [0.05, 0.1) is 12.9 Å². The first-order chi connectivity index (χ1) is 13.8. The van der Waals surface area contributed by atoms with Gasteiger partial charge in [-0.3, -0.25) is 10.1 Å². The van der Waals surface area contributed by atoms with E-state index in [9.17, 15) is 9.59 Å². The third-order valence-electron chi connectivity index (χ3n) is 4.19. The number of aromatic nitrogens is 3. The molecule has 0 bridgehead atoms. The molecule has 0 aliphatic heterocycles. The van der Waals surface area contributed by atoms with Gasteiger partial charge in [-0.2, -0.15) is 0 Å². The van der Waals surface area contributed by atoms with Crippen molar-refractivity contribution in [2.45, 2.75) is 51.9 Å². The highest BCUT2D eigenvalue weighted by Crippen LogP contribution is 2.26. The summed E-state index contributed by atoms with van der Waals surface area (Å²) in [6.45, 7) is 8.78. The number of methoxy groups -OCH3 is 1. The zero-order valence-electron chi connectivity index (χ0n) is 17.6. The van der Waals surface area contributed by atoms with Crippen molar-refractivity contribution in [1.82, 2.24) is 25.4 Å². The van der Waals surface area contributed by atoms with Crippen molar-refractivity contribution >= 4 is 23.7 Å². The monoisotopic (exact) mass is 419 g/mol. The number of amides is 3. The van der Waals surface area contributed by atoms with Gasteiger partial charge in [-0.1, -0.05) is 32.5 Å². The molecule has 2 rings (SSSR count). The van der Waals surface area contributed by atoms with E-state index in [0.29, 0.717) is 17.6 Å². The van der Waals surface area contributed by atoms with Gasteiger partial charge in [0, 0.05) is 18.2 Å². The molecule has 3 amide bonds. The predicted molar refractivity (Wildman–Crippen MR) is 114 cm³/mol. The van der Waals surface area contributed by atoms with Crippen molar-refractivity contribution in [3.8, 4) is 17.1 Å². The van der Waals surface area contributed by atoms with Gasteiger partial charge in [-0.15, -0.1) is 10.2 Å². The number of rotatable bonds is 9. The van der Waals surface area contributed by atoms with Gasteiger partial charge >= 0.3 is 6.03 Å². The average Bonchev–Trinajstić information content (AvgIpc) is 3.08. The van der Waals surface area contributed by atoms with E-state index in [-0.39, 0.29) is 17.7 Å². The smallest absolute Gasteiger partial charge is 0.321 e. The van der Waals surface area contributed by atoms with Crippen LogP contribution < -0.4 is 15.4 Å². The van der Waals surface area contributed by atoms with Crippen molar-refractivity contribution < 1.29 is 14.3 Å². The van der Waals surface area contributed by atoms with E-state index in [1.165, 1.54) is 11.8 Å². The highest BCUT2D eigenvalue weighted by Gasteiger charge is 2.17. The number of benzene rings is 1. The number of hydrogen-bond donors (Lipinski definition) is 2. The van der Waals surface area contributed by atoms with Gasteiger partial charge in [-0.25, -0.2) is 4.79 Å². The van der Waals surface area contributed by atoms with Crippen LogP contribution in [0.2, 0.25) is 0 Å². The molecule has 0 aliphatic carbocycles. The van der Waals surface area contributed by atoms with Gasteiger partial charge < -0.3 is 14.6 Å². The van der Waals surface area contributed by atoms with Crippen LogP contribution in [0.3, 0.4) is 0 Å². The lowest BCUT2D eigenvalue weighted by atomic mass is 10.2. The molecule has 29 heavy (non-hydrogen) atoms. The molecule has 2 aromatic rings. The van der Waals surface area contributed by atoms with Crippen LogP contribution >= 0.6 is 11.8 Å². The minimum Gasteiger partial charge on any atom is -0.497 e. The number of ether oxygens (including phenoxy) is 1. The Morgan fingerprint density at radius 3 is 2.45 bits per heavy atom. The summed E-state index contributed by atoms with van der Waals surface area (Å²) in [4.78, 5) is 23.9. The lowest BCUT2D eigenvalue weighted by molar-refractivity contribution is -0.117. The third-order valence-corrected chi connectivity index (χ3v) is 5.15. The summed E-state index contributed by atoms with van der Waals surface area (Å²) in [5.74, 6) is 1.58. The Balaban J connectivity index is 2.09. The van der Waals surface area contributed by atoms with Crippen LogP contribution in [0.5, 0.6) is 5.75 Å². The fraction of sp³-hybridized carbons (Fsp3) is 0.500. The number of imide groups is 1. The maximum absolute atomic E-state index is 12.1. The average molecular weight is 420 g/mol. The minimum absolute atomic E-state index is 0.0108. The lowest BCUT2D eigenvalue weighted by Gasteiger charge is -2.13. The number of thioether (sulfide) groups is 1. The first-order valence-corrected chi connectivity index (χ1v) is 10.6. The Bertz CT molecular complexity index is 820. The quantitative estimate of drug-likeness (QED) is 0.605. The SMILES string of the molecule is CC[C@H](C)NC(=O)NC(=O)CSc1nnc(-c2ccc(OC)cc2)n1CC(C)C. The van der Waals surface area contributed by atoms with Gasteiger partial charge in [0.2, 0.25) is 5.91 Å². The number of nitrogens with one attached hydrogen (secondary N) is 2. The summed E-state index contributed by atoms with van der Waals surface area (Å²) in [6, 6.07) is 7.14. The van der Waals surface area contributed by atoms with E-state index in [1.807, 2.05) is 42.7 Å². The summed E-state index contributed by atoms with van der Waals surface area (Å²) in [6.07, 6.45) is 0.794. The second kappa shape index (κ2) is 10.8. The maximum atomic E-state index is 12.1. The number of hydrogen-bond acceptors (Lipinski definition) is 6. The molecule has 0 radical (unpaired) electrons. The molecule has 9 heteroatoms. The second-order valence-corrected chi connectivity index (χ2v) is 8.10. The molecule has 0 unspecified atom stereocenters. The van der Waals surface area contributed by atoms with E-state index in [0.717, 1.165) is 23.6 Å². The van der Waals surface area contributed by atoms with Crippen LogP contribution in [0.1, 0.15) is 34.1 Å². The van der Waals surface area contributed by atoms with Gasteiger partial charge in [-0.05, 0) is 43.5 Å². The fourth-order valence-corrected chi connectivity index (χ4v) is 3.28. The van der Waals surface area contributed by atoms with Crippen molar-refractivity contribution in [3.05, 3.63) is 24.3 Å². The molecule has 8 nitrogen and oxygen atoms in total. The van der Waals surface area contributed by atoms with E-state index in [1.54, 1.807) is 7.11 Å². The number of carbonyl (C=O) groups excluding carboxylic acids is 2. The summed E-state index contributed by atoms with van der Waals surface area (Å²) in [5, 5.41) is 14.3. The molecule has 1 heterocycles. The molecule has 1 atom stereocenters.